The Morgan fingerprint density at radius 2 is 1.79 bits per heavy atom. The Kier molecular flexibility index (Phi) is 4.11. The van der Waals surface area contributed by atoms with Crippen LogP contribution in [0.25, 0.3) is 0 Å². The molecule has 2 heteroatoms. The predicted octanol–water partition coefficient (Wildman–Crippen LogP) is 1.69. The van der Waals surface area contributed by atoms with Gasteiger partial charge < -0.3 is 10.6 Å². The van der Waals surface area contributed by atoms with Crippen LogP contribution in [-0.4, -0.2) is 25.0 Å². The number of hydrogen-bond donors (Lipinski definition) is 1. The molecule has 0 bridgehead atoms. The van der Waals surface area contributed by atoms with Gasteiger partial charge in [-0.15, -0.1) is 0 Å². The first-order chi connectivity index (χ1) is 6.65. The van der Waals surface area contributed by atoms with Crippen LogP contribution in [0, 0.1) is 13.8 Å². The summed E-state index contributed by atoms with van der Waals surface area (Å²) < 4.78 is 0. The van der Waals surface area contributed by atoms with Crippen LogP contribution in [0.3, 0.4) is 0 Å². The van der Waals surface area contributed by atoms with Crippen LogP contribution < -0.4 is 5.73 Å². The van der Waals surface area contributed by atoms with Gasteiger partial charge in [0.05, 0.1) is 0 Å². The van der Waals surface area contributed by atoms with Gasteiger partial charge in [-0.2, -0.15) is 0 Å². The van der Waals surface area contributed by atoms with E-state index in [4.69, 9.17) is 5.73 Å². The summed E-state index contributed by atoms with van der Waals surface area (Å²) >= 11 is 0. The lowest BCUT2D eigenvalue weighted by Gasteiger charge is -2.18. The topological polar surface area (TPSA) is 29.3 Å². The van der Waals surface area contributed by atoms with Crippen LogP contribution in [0.1, 0.15) is 16.7 Å². The van der Waals surface area contributed by atoms with Gasteiger partial charge in [0.2, 0.25) is 0 Å². The standard InChI is InChI=1S/C12H20N2/c1-10-5-4-6-11(2)12(10)9-14(3)8-7-13/h4-6H,7-9,13H2,1-3H3. The number of nitrogens with zero attached hydrogens (tertiary/aromatic N) is 1. The highest BCUT2D eigenvalue weighted by Gasteiger charge is 2.04. The molecular formula is C12H20N2. The van der Waals surface area contributed by atoms with Crippen molar-refractivity contribution in [2.45, 2.75) is 20.4 Å². The molecule has 0 radical (unpaired) electrons. The number of rotatable bonds is 4. The Hall–Kier alpha value is -0.860. The Bertz CT molecular complexity index is 274. The normalized spacial score (nSPS) is 10.9. The summed E-state index contributed by atoms with van der Waals surface area (Å²) in [6.07, 6.45) is 0. The molecule has 0 atom stereocenters. The Labute approximate surface area is 86.7 Å². The van der Waals surface area contributed by atoms with Gasteiger partial charge in [0.15, 0.2) is 0 Å². The van der Waals surface area contributed by atoms with E-state index in [1.165, 1.54) is 16.7 Å². The van der Waals surface area contributed by atoms with Crippen molar-refractivity contribution < 1.29 is 0 Å². The van der Waals surface area contributed by atoms with Gasteiger partial charge in [0.1, 0.15) is 0 Å². The number of aryl methyl sites for hydroxylation is 2. The largest absolute Gasteiger partial charge is 0.329 e. The van der Waals surface area contributed by atoms with Crippen molar-refractivity contribution >= 4 is 0 Å². The molecule has 0 aliphatic heterocycles. The number of benzene rings is 1. The van der Waals surface area contributed by atoms with Crippen LogP contribution in [0.2, 0.25) is 0 Å². The number of nitrogens with two attached hydrogens (primary N) is 1. The molecule has 0 spiro atoms. The molecule has 2 nitrogen and oxygen atoms in total. The number of hydrogen-bond acceptors (Lipinski definition) is 2. The summed E-state index contributed by atoms with van der Waals surface area (Å²) in [5.41, 5.74) is 9.69. The fourth-order valence-corrected chi connectivity index (χ4v) is 1.67. The van der Waals surface area contributed by atoms with Gasteiger partial charge in [0, 0.05) is 19.6 Å². The molecule has 0 unspecified atom stereocenters. The van der Waals surface area contributed by atoms with Crippen LogP contribution >= 0.6 is 0 Å². The van der Waals surface area contributed by atoms with Gasteiger partial charge >= 0.3 is 0 Å². The second kappa shape index (κ2) is 5.13. The smallest absolute Gasteiger partial charge is 0.0236 e. The summed E-state index contributed by atoms with van der Waals surface area (Å²) in [6, 6.07) is 6.44. The van der Waals surface area contributed by atoms with Crippen LogP contribution in [0.4, 0.5) is 0 Å². The first-order valence-corrected chi connectivity index (χ1v) is 5.09. The highest BCUT2D eigenvalue weighted by atomic mass is 15.1. The zero-order chi connectivity index (χ0) is 10.6. The van der Waals surface area contributed by atoms with Crippen molar-refractivity contribution in [1.29, 1.82) is 0 Å². The Morgan fingerprint density at radius 1 is 1.21 bits per heavy atom. The van der Waals surface area contributed by atoms with Gasteiger partial charge in [0.25, 0.3) is 0 Å². The molecule has 2 N–H and O–H groups in total. The highest BCUT2D eigenvalue weighted by Crippen LogP contribution is 2.14. The van der Waals surface area contributed by atoms with Crippen LogP contribution in [-0.2, 0) is 6.54 Å². The van der Waals surface area contributed by atoms with Gasteiger partial charge in [-0.05, 0) is 37.6 Å². The minimum absolute atomic E-state index is 0.724. The molecule has 0 amide bonds. The third-order valence-electron chi connectivity index (χ3n) is 2.58. The lowest BCUT2D eigenvalue weighted by atomic mass is 10.0. The maximum atomic E-state index is 5.52. The summed E-state index contributed by atoms with van der Waals surface area (Å²) in [5, 5.41) is 0. The summed E-state index contributed by atoms with van der Waals surface area (Å²) in [4.78, 5) is 2.26. The lowest BCUT2D eigenvalue weighted by Crippen LogP contribution is -2.25. The van der Waals surface area contributed by atoms with Crippen molar-refractivity contribution in [3.63, 3.8) is 0 Å². The molecule has 0 fully saturated rings. The second-order valence-electron chi connectivity index (χ2n) is 3.90. The van der Waals surface area contributed by atoms with E-state index in [0.717, 1.165) is 19.6 Å². The zero-order valence-electron chi connectivity index (χ0n) is 9.38. The van der Waals surface area contributed by atoms with Crippen molar-refractivity contribution in [3.8, 4) is 0 Å². The molecule has 0 saturated heterocycles. The molecule has 0 heterocycles. The van der Waals surface area contributed by atoms with E-state index in [1.807, 2.05) is 0 Å². The minimum Gasteiger partial charge on any atom is -0.329 e. The quantitative estimate of drug-likeness (QED) is 0.786. The molecule has 78 valence electrons. The monoisotopic (exact) mass is 192 g/mol. The van der Waals surface area contributed by atoms with Crippen molar-refractivity contribution in [3.05, 3.63) is 34.9 Å². The zero-order valence-corrected chi connectivity index (χ0v) is 9.38. The molecule has 0 saturated carbocycles. The summed E-state index contributed by atoms with van der Waals surface area (Å²) in [5.74, 6) is 0. The van der Waals surface area contributed by atoms with E-state index in [0.29, 0.717) is 0 Å². The maximum absolute atomic E-state index is 5.52. The average molecular weight is 192 g/mol. The fraction of sp³-hybridized carbons (Fsp3) is 0.500. The molecule has 0 aliphatic rings. The molecule has 1 rings (SSSR count). The molecule has 1 aromatic carbocycles. The predicted molar refractivity (Wildman–Crippen MR) is 61.3 cm³/mol. The highest BCUT2D eigenvalue weighted by molar-refractivity contribution is 5.33. The van der Waals surface area contributed by atoms with E-state index in [1.54, 1.807) is 0 Å². The van der Waals surface area contributed by atoms with Crippen molar-refractivity contribution in [2.24, 2.45) is 5.73 Å². The van der Waals surface area contributed by atoms with Gasteiger partial charge in [-0.1, -0.05) is 18.2 Å². The van der Waals surface area contributed by atoms with E-state index in [9.17, 15) is 0 Å². The van der Waals surface area contributed by atoms with E-state index < -0.39 is 0 Å². The summed E-state index contributed by atoms with van der Waals surface area (Å²) in [7, 11) is 2.11. The maximum Gasteiger partial charge on any atom is 0.0236 e. The lowest BCUT2D eigenvalue weighted by molar-refractivity contribution is 0.335. The molecule has 0 aliphatic carbocycles. The van der Waals surface area contributed by atoms with Gasteiger partial charge in [-0.25, -0.2) is 0 Å². The molecule has 0 aromatic heterocycles. The van der Waals surface area contributed by atoms with E-state index in [-0.39, 0.29) is 0 Å². The van der Waals surface area contributed by atoms with Crippen LogP contribution in [0.15, 0.2) is 18.2 Å². The SMILES string of the molecule is Cc1cccc(C)c1CN(C)CCN. The molecular weight excluding hydrogens is 172 g/mol. The van der Waals surface area contributed by atoms with Crippen molar-refractivity contribution in [1.82, 2.24) is 4.90 Å². The van der Waals surface area contributed by atoms with E-state index >= 15 is 0 Å². The van der Waals surface area contributed by atoms with Gasteiger partial charge in [-0.3, -0.25) is 0 Å². The fourth-order valence-electron chi connectivity index (χ4n) is 1.67. The molecule has 14 heavy (non-hydrogen) atoms. The Balaban J connectivity index is 2.75. The molecule has 1 aromatic rings. The first-order valence-electron chi connectivity index (χ1n) is 5.09. The number of likely N-dealkylation sites (N-methyl/N-ethyl adjacent to an activating group) is 1. The third-order valence-corrected chi connectivity index (χ3v) is 2.58. The third kappa shape index (κ3) is 2.82. The summed E-state index contributed by atoms with van der Waals surface area (Å²) in [6.45, 7) is 7.00. The minimum atomic E-state index is 0.724. The second-order valence-corrected chi connectivity index (χ2v) is 3.90. The van der Waals surface area contributed by atoms with Crippen molar-refractivity contribution in [2.75, 3.05) is 20.1 Å². The van der Waals surface area contributed by atoms with E-state index in [2.05, 4.69) is 44.0 Å². The van der Waals surface area contributed by atoms with Crippen LogP contribution in [0.5, 0.6) is 0 Å². The average Bonchev–Trinajstić information content (AvgIpc) is 2.12. The first kappa shape index (κ1) is 11.2. The Morgan fingerprint density at radius 3 is 2.29 bits per heavy atom.